The zero-order valence-corrected chi connectivity index (χ0v) is 22.4. The highest BCUT2D eigenvalue weighted by atomic mass is 32.2. The quantitative estimate of drug-likeness (QED) is 0.136. The molecule has 3 aromatic rings. The number of carboxylic acid groups (broad SMARTS) is 1. The zero-order chi connectivity index (χ0) is 26.6. The number of hydrogen-bond acceptors (Lipinski definition) is 6. The number of piperidine rings is 3. The highest BCUT2D eigenvalue weighted by Crippen LogP contribution is 2.37. The summed E-state index contributed by atoms with van der Waals surface area (Å²) in [5.74, 6) is 1.46. The number of ether oxygens (including phenoxy) is 1. The van der Waals surface area contributed by atoms with E-state index in [-0.39, 0.29) is 12.1 Å². The molecule has 1 N–H and O–H groups in total. The van der Waals surface area contributed by atoms with Crippen LogP contribution in [0.1, 0.15) is 30.9 Å². The summed E-state index contributed by atoms with van der Waals surface area (Å²) < 4.78 is 7.40. The Morgan fingerprint density at radius 1 is 0.974 bits per heavy atom. The molecular formula is C31H36N2O4S. The van der Waals surface area contributed by atoms with Gasteiger partial charge in [-0.1, -0.05) is 66.7 Å². The molecule has 2 bridgehead atoms. The van der Waals surface area contributed by atoms with E-state index < -0.39 is 12.5 Å². The van der Waals surface area contributed by atoms with Crippen molar-refractivity contribution in [3.05, 3.63) is 96.6 Å². The van der Waals surface area contributed by atoms with Gasteiger partial charge in [-0.15, -0.1) is 11.8 Å². The number of rotatable bonds is 10. The van der Waals surface area contributed by atoms with Crippen LogP contribution in [0.3, 0.4) is 0 Å². The molecule has 6 rings (SSSR count). The van der Waals surface area contributed by atoms with Crippen LogP contribution < -0.4 is 10.4 Å². The van der Waals surface area contributed by atoms with Crippen LogP contribution in [0.15, 0.2) is 95.9 Å². The fourth-order valence-electron chi connectivity index (χ4n) is 5.62. The number of carbonyl (C=O) groups is 2. The van der Waals surface area contributed by atoms with Gasteiger partial charge in [0.1, 0.15) is 6.54 Å². The Morgan fingerprint density at radius 2 is 1.55 bits per heavy atom. The third-order valence-electron chi connectivity index (χ3n) is 7.55. The molecule has 6 nitrogen and oxygen atoms in total. The maximum atomic E-state index is 13.5. The number of hydrogen-bond donors (Lipinski definition) is 1. The Kier molecular flexibility index (Phi) is 10.2. The molecule has 2 atom stereocenters. The lowest BCUT2D eigenvalue weighted by Crippen LogP contribution is -2.64. The van der Waals surface area contributed by atoms with Crippen molar-refractivity contribution in [2.75, 3.05) is 37.2 Å². The molecule has 3 heterocycles. The largest absolute Gasteiger partial charge is 0.554 e. The minimum Gasteiger partial charge on any atom is -0.554 e. The van der Waals surface area contributed by atoms with E-state index >= 15 is 0 Å². The third-order valence-corrected chi connectivity index (χ3v) is 8.65. The van der Waals surface area contributed by atoms with Crippen LogP contribution >= 0.6 is 11.8 Å². The fourth-order valence-corrected chi connectivity index (χ4v) is 6.48. The first-order valence-corrected chi connectivity index (χ1v) is 14.3. The maximum absolute atomic E-state index is 13.5. The number of para-hydroxylation sites is 1. The molecule has 0 saturated carbocycles. The van der Waals surface area contributed by atoms with Crippen molar-refractivity contribution in [2.24, 2.45) is 5.92 Å². The predicted octanol–water partition coefficient (Wildman–Crippen LogP) is 4.54. The Bertz CT molecular complexity index is 1120. The van der Waals surface area contributed by atoms with Gasteiger partial charge in [-0.2, -0.15) is 0 Å². The number of fused-ring (bicyclic) bond motifs is 3. The number of thioether (sulfide) groups is 1. The van der Waals surface area contributed by atoms with E-state index in [1.165, 1.54) is 31.0 Å². The summed E-state index contributed by atoms with van der Waals surface area (Å²) in [5, 5.41) is 11.7. The van der Waals surface area contributed by atoms with Gasteiger partial charge in [0.2, 0.25) is 0 Å². The van der Waals surface area contributed by atoms with Crippen LogP contribution in [0.5, 0.6) is 0 Å². The van der Waals surface area contributed by atoms with E-state index in [1.54, 1.807) is 0 Å². The van der Waals surface area contributed by atoms with E-state index in [0.29, 0.717) is 5.92 Å². The Morgan fingerprint density at radius 3 is 2.18 bits per heavy atom. The van der Waals surface area contributed by atoms with E-state index in [0.717, 1.165) is 40.9 Å². The van der Waals surface area contributed by atoms with Crippen LogP contribution in [0.25, 0.3) is 0 Å². The zero-order valence-electron chi connectivity index (χ0n) is 21.6. The molecular weight excluding hydrogens is 496 g/mol. The van der Waals surface area contributed by atoms with Gasteiger partial charge in [0.15, 0.2) is 12.1 Å². The highest BCUT2D eigenvalue weighted by molar-refractivity contribution is 7.99. The van der Waals surface area contributed by atoms with Gasteiger partial charge in [-0.25, -0.2) is 4.79 Å². The molecule has 38 heavy (non-hydrogen) atoms. The minimum absolute atomic E-state index is 0.00978. The van der Waals surface area contributed by atoms with Gasteiger partial charge >= 0.3 is 5.97 Å². The summed E-state index contributed by atoms with van der Waals surface area (Å²) >= 11 is 1.94. The molecule has 0 aromatic heterocycles. The average molecular weight is 533 g/mol. The van der Waals surface area contributed by atoms with E-state index in [9.17, 15) is 4.79 Å². The molecule has 200 valence electrons. The van der Waals surface area contributed by atoms with Crippen LogP contribution in [0.4, 0.5) is 5.69 Å². The summed E-state index contributed by atoms with van der Waals surface area (Å²) in [6.45, 7) is 4.07. The summed E-state index contributed by atoms with van der Waals surface area (Å²) in [6.07, 6.45) is 3.51. The van der Waals surface area contributed by atoms with E-state index in [4.69, 9.17) is 14.6 Å². The van der Waals surface area contributed by atoms with Crippen molar-refractivity contribution in [3.63, 3.8) is 0 Å². The number of esters is 1. The average Bonchev–Trinajstić information content (AvgIpc) is 2.97. The van der Waals surface area contributed by atoms with Crippen LogP contribution in [0.2, 0.25) is 0 Å². The second kappa shape index (κ2) is 14.0. The second-order valence-corrected chi connectivity index (χ2v) is 11.1. The first kappa shape index (κ1) is 27.7. The van der Waals surface area contributed by atoms with Crippen molar-refractivity contribution >= 4 is 29.9 Å². The molecule has 0 amide bonds. The van der Waals surface area contributed by atoms with Crippen LogP contribution in [0, 0.1) is 5.92 Å². The number of nitrogens with zero attached hydrogens (tertiary/aromatic N) is 1. The monoisotopic (exact) mass is 532 g/mol. The van der Waals surface area contributed by atoms with E-state index in [2.05, 4.69) is 35.6 Å². The van der Waals surface area contributed by atoms with Gasteiger partial charge in [0.25, 0.3) is 0 Å². The van der Waals surface area contributed by atoms with Crippen molar-refractivity contribution in [3.8, 4) is 0 Å². The lowest BCUT2D eigenvalue weighted by molar-refractivity contribution is -0.946. The molecule has 0 aliphatic carbocycles. The highest BCUT2D eigenvalue weighted by Gasteiger charge is 2.47. The van der Waals surface area contributed by atoms with Gasteiger partial charge in [0.05, 0.1) is 19.6 Å². The minimum atomic E-state index is -0.509. The topological polar surface area (TPSA) is 78.5 Å². The van der Waals surface area contributed by atoms with Gasteiger partial charge in [-0.3, -0.25) is 0 Å². The molecule has 3 saturated heterocycles. The Balaban J connectivity index is 0.00000107. The normalized spacial score (nSPS) is 22.4. The molecule has 3 aliphatic heterocycles. The van der Waals surface area contributed by atoms with Gasteiger partial charge < -0.3 is 24.4 Å². The fraction of sp³-hybridized carbons (Fsp3) is 0.355. The summed E-state index contributed by atoms with van der Waals surface area (Å²) in [4.78, 5) is 23.1. The van der Waals surface area contributed by atoms with Crippen LogP contribution in [-0.2, 0) is 14.3 Å². The summed E-state index contributed by atoms with van der Waals surface area (Å²) in [7, 11) is 0. The molecule has 7 heteroatoms. The lowest BCUT2D eigenvalue weighted by Gasteiger charge is -2.52. The van der Waals surface area contributed by atoms with Crippen molar-refractivity contribution in [2.45, 2.75) is 36.3 Å². The van der Waals surface area contributed by atoms with Gasteiger partial charge in [-0.05, 0) is 29.8 Å². The second-order valence-electron chi connectivity index (χ2n) is 9.97. The molecule has 1 unspecified atom stereocenters. The number of benzene rings is 3. The molecule has 0 radical (unpaired) electrons. The first-order chi connectivity index (χ1) is 18.6. The smallest absolute Gasteiger partial charge is 0.333 e. The summed E-state index contributed by atoms with van der Waals surface area (Å²) in [5.41, 5.74) is 1.86. The number of nitrogens with one attached hydrogen (secondary N) is 1. The Hall–Kier alpha value is -3.29. The standard InChI is InChI=1S/C30H35N2O2S.CH2O2/c33-30(29(25-11-4-1-5-12-25)31-26-13-6-2-7-14-26)34-28-23-32(20-17-24(28)18-21-32)19-10-22-35-27-15-8-3-9-16-27;2-1-3/h1-9,11-16,24,28-29,31H,10,17-23H2;1H,(H,2,3)/q+1;/p-1/t24?,28-,29?,32?;/m0./s1. The Labute approximate surface area is 229 Å². The maximum Gasteiger partial charge on any atom is 0.333 e. The number of quaternary nitrogens is 1. The van der Waals surface area contributed by atoms with Crippen molar-refractivity contribution in [1.29, 1.82) is 0 Å². The van der Waals surface area contributed by atoms with E-state index in [1.807, 2.05) is 72.4 Å². The predicted molar refractivity (Wildman–Crippen MR) is 149 cm³/mol. The number of carbonyl (C=O) groups excluding carboxylic acids is 2. The SMILES string of the molecule is O=C(O[C@H]1C[N+]2(CCCSc3ccccc3)CCC1CC2)C(Nc1ccccc1)c1ccccc1.O=C[O-]. The lowest BCUT2D eigenvalue weighted by atomic mass is 9.83. The summed E-state index contributed by atoms with van der Waals surface area (Å²) in [6, 6.07) is 30.0. The molecule has 3 fully saturated rings. The van der Waals surface area contributed by atoms with Crippen molar-refractivity contribution in [1.82, 2.24) is 0 Å². The molecule has 3 aliphatic rings. The van der Waals surface area contributed by atoms with Gasteiger partial charge in [0, 0.05) is 48.0 Å². The number of anilines is 1. The first-order valence-electron chi connectivity index (χ1n) is 13.3. The van der Waals surface area contributed by atoms with Crippen LogP contribution in [-0.4, -0.2) is 55.0 Å². The third kappa shape index (κ3) is 7.62. The van der Waals surface area contributed by atoms with Crippen molar-refractivity contribution < 1.29 is 23.9 Å². The molecule has 3 aromatic carbocycles. The molecule has 0 spiro atoms.